The molecule has 1 aliphatic carbocycles. The summed E-state index contributed by atoms with van der Waals surface area (Å²) >= 11 is 5.50. The van der Waals surface area contributed by atoms with Crippen LogP contribution in [0.4, 0.5) is 0 Å². The average molecular weight is 256 g/mol. The van der Waals surface area contributed by atoms with Gasteiger partial charge in [-0.05, 0) is 45.8 Å². The minimum absolute atomic E-state index is 0.0296. The van der Waals surface area contributed by atoms with E-state index in [9.17, 15) is 0 Å². The van der Waals surface area contributed by atoms with Crippen molar-refractivity contribution in [2.75, 3.05) is 6.61 Å². The summed E-state index contributed by atoms with van der Waals surface area (Å²) in [5.41, 5.74) is -0.0326. The number of nitrogens with one attached hydrogen (secondary N) is 1. The van der Waals surface area contributed by atoms with Crippen LogP contribution in [0.3, 0.4) is 0 Å². The Morgan fingerprint density at radius 2 is 2.00 bits per heavy atom. The average Bonchev–Trinajstić information content (AvgIpc) is 2.51. The van der Waals surface area contributed by atoms with Gasteiger partial charge in [0.2, 0.25) is 0 Å². The second kappa shape index (κ2) is 5.11. The number of hydrogen-bond donors (Lipinski definition) is 1. The molecule has 1 saturated heterocycles. The van der Waals surface area contributed by atoms with Crippen molar-refractivity contribution in [1.82, 2.24) is 10.2 Å². The molecule has 0 unspecified atom stereocenters. The predicted molar refractivity (Wildman–Crippen MR) is 73.9 cm³/mol. The second-order valence-corrected chi connectivity index (χ2v) is 5.99. The molecule has 4 heteroatoms. The third-order valence-electron chi connectivity index (χ3n) is 4.01. The molecule has 2 aliphatic rings. The Balaban J connectivity index is 2.12. The lowest BCUT2D eigenvalue weighted by atomic mass is 9.91. The zero-order valence-corrected chi connectivity index (χ0v) is 12.0. The summed E-state index contributed by atoms with van der Waals surface area (Å²) in [5.74, 6) is 0. The Labute approximate surface area is 110 Å². The van der Waals surface area contributed by atoms with Crippen molar-refractivity contribution in [2.45, 2.75) is 70.7 Å². The van der Waals surface area contributed by atoms with E-state index < -0.39 is 0 Å². The molecule has 0 spiro atoms. The van der Waals surface area contributed by atoms with Crippen LogP contribution in [0.1, 0.15) is 52.9 Å². The van der Waals surface area contributed by atoms with Gasteiger partial charge in [-0.2, -0.15) is 0 Å². The summed E-state index contributed by atoms with van der Waals surface area (Å²) in [6, 6.07) is 0.601. The third kappa shape index (κ3) is 2.43. The fourth-order valence-corrected chi connectivity index (χ4v) is 3.63. The highest BCUT2D eigenvalue weighted by atomic mass is 32.1. The quantitative estimate of drug-likeness (QED) is 0.785. The summed E-state index contributed by atoms with van der Waals surface area (Å²) in [6.45, 7) is 7.22. The van der Waals surface area contributed by atoms with Crippen LogP contribution in [0.15, 0.2) is 0 Å². The zero-order chi connectivity index (χ0) is 12.5. The van der Waals surface area contributed by atoms with E-state index >= 15 is 0 Å². The molecule has 0 aromatic carbocycles. The maximum atomic E-state index is 5.77. The molecule has 0 aromatic rings. The monoisotopic (exact) mass is 256 g/mol. The summed E-state index contributed by atoms with van der Waals surface area (Å²) in [6.07, 6.45) is 6.61. The maximum absolute atomic E-state index is 5.77. The van der Waals surface area contributed by atoms with Crippen molar-refractivity contribution in [2.24, 2.45) is 0 Å². The van der Waals surface area contributed by atoms with Gasteiger partial charge in [0.25, 0.3) is 0 Å². The van der Waals surface area contributed by atoms with Gasteiger partial charge in [-0.15, -0.1) is 0 Å². The Kier molecular flexibility index (Phi) is 3.93. The minimum atomic E-state index is -0.0326. The van der Waals surface area contributed by atoms with Crippen LogP contribution in [0.2, 0.25) is 0 Å². The minimum Gasteiger partial charge on any atom is -0.356 e. The van der Waals surface area contributed by atoms with Crippen molar-refractivity contribution in [3.8, 4) is 0 Å². The van der Waals surface area contributed by atoms with Crippen LogP contribution in [0.25, 0.3) is 0 Å². The first-order chi connectivity index (χ1) is 8.07. The van der Waals surface area contributed by atoms with Crippen molar-refractivity contribution >= 4 is 17.3 Å². The lowest BCUT2D eigenvalue weighted by Crippen LogP contribution is -2.52. The highest BCUT2D eigenvalue weighted by Crippen LogP contribution is 2.34. The molecule has 1 aliphatic heterocycles. The highest BCUT2D eigenvalue weighted by Gasteiger charge is 2.47. The molecule has 1 N–H and O–H groups in total. The van der Waals surface area contributed by atoms with Gasteiger partial charge in [-0.1, -0.05) is 19.3 Å². The summed E-state index contributed by atoms with van der Waals surface area (Å²) in [5, 5.41) is 4.20. The number of ether oxygens (including phenoxy) is 1. The topological polar surface area (TPSA) is 24.5 Å². The van der Waals surface area contributed by atoms with Crippen LogP contribution >= 0.6 is 12.2 Å². The van der Waals surface area contributed by atoms with E-state index in [4.69, 9.17) is 17.0 Å². The van der Waals surface area contributed by atoms with Crippen molar-refractivity contribution in [3.05, 3.63) is 0 Å². The number of nitrogens with zero attached hydrogens (tertiary/aromatic N) is 1. The molecule has 2 rings (SSSR count). The first-order valence-corrected chi connectivity index (χ1v) is 7.19. The van der Waals surface area contributed by atoms with Gasteiger partial charge in [0.05, 0.1) is 5.54 Å². The van der Waals surface area contributed by atoms with Gasteiger partial charge in [0.1, 0.15) is 0 Å². The second-order valence-electron chi connectivity index (χ2n) is 5.60. The van der Waals surface area contributed by atoms with Crippen LogP contribution < -0.4 is 5.32 Å². The molecular weight excluding hydrogens is 232 g/mol. The van der Waals surface area contributed by atoms with Crippen molar-refractivity contribution in [1.29, 1.82) is 0 Å². The molecule has 1 heterocycles. The Morgan fingerprint density at radius 3 is 2.59 bits per heavy atom. The molecule has 1 atom stereocenters. The molecule has 0 amide bonds. The largest absolute Gasteiger partial charge is 0.356 e. The van der Waals surface area contributed by atoms with E-state index in [0.29, 0.717) is 6.04 Å². The van der Waals surface area contributed by atoms with E-state index in [2.05, 4.69) is 24.1 Å². The van der Waals surface area contributed by atoms with Gasteiger partial charge in [0, 0.05) is 12.6 Å². The summed E-state index contributed by atoms with van der Waals surface area (Å²) < 4.78 is 5.77. The van der Waals surface area contributed by atoms with Gasteiger partial charge in [-0.25, -0.2) is 0 Å². The molecule has 2 fully saturated rings. The lowest BCUT2D eigenvalue weighted by molar-refractivity contribution is -0.0244. The summed E-state index contributed by atoms with van der Waals surface area (Å²) in [7, 11) is 0. The molecular formula is C13H24N2OS. The smallest absolute Gasteiger partial charge is 0.171 e. The van der Waals surface area contributed by atoms with Crippen LogP contribution in [0, 0.1) is 0 Å². The van der Waals surface area contributed by atoms with Crippen LogP contribution in [-0.4, -0.2) is 34.4 Å². The lowest BCUT2D eigenvalue weighted by Gasteiger charge is -2.41. The standard InChI is InChI=1S/C13H24N2OS/c1-4-16-11-13(2,3)15(12(17)14-11)10-8-6-5-7-9-10/h10-11H,4-9H2,1-3H3,(H,14,17)/t11-/m1/s1. The fraction of sp³-hybridized carbons (Fsp3) is 0.923. The van der Waals surface area contributed by atoms with E-state index in [1.807, 2.05) is 6.92 Å². The molecule has 1 saturated carbocycles. The molecule has 3 nitrogen and oxygen atoms in total. The van der Waals surface area contributed by atoms with Crippen molar-refractivity contribution in [3.63, 3.8) is 0 Å². The molecule has 98 valence electrons. The van der Waals surface area contributed by atoms with E-state index in [0.717, 1.165) is 11.7 Å². The van der Waals surface area contributed by atoms with Crippen LogP contribution in [-0.2, 0) is 4.74 Å². The SMILES string of the molecule is CCO[C@H]1NC(=S)N(C2CCCCC2)C1(C)C. The van der Waals surface area contributed by atoms with E-state index in [-0.39, 0.29) is 11.8 Å². The van der Waals surface area contributed by atoms with E-state index in [1.54, 1.807) is 0 Å². The van der Waals surface area contributed by atoms with E-state index in [1.165, 1.54) is 32.1 Å². The molecule has 0 aromatic heterocycles. The van der Waals surface area contributed by atoms with Gasteiger partial charge in [-0.3, -0.25) is 0 Å². The highest BCUT2D eigenvalue weighted by molar-refractivity contribution is 7.80. The first kappa shape index (κ1) is 13.1. The maximum Gasteiger partial charge on any atom is 0.171 e. The molecule has 0 bridgehead atoms. The first-order valence-electron chi connectivity index (χ1n) is 6.78. The summed E-state index contributed by atoms with van der Waals surface area (Å²) in [4.78, 5) is 2.39. The predicted octanol–water partition coefficient (Wildman–Crippen LogP) is 2.65. The Morgan fingerprint density at radius 1 is 1.35 bits per heavy atom. The number of thiocarbonyl (C=S) groups is 1. The number of hydrogen-bond acceptors (Lipinski definition) is 2. The number of rotatable bonds is 3. The fourth-order valence-electron chi connectivity index (χ4n) is 3.13. The Bertz CT molecular complexity index is 287. The molecule has 17 heavy (non-hydrogen) atoms. The zero-order valence-electron chi connectivity index (χ0n) is 11.2. The van der Waals surface area contributed by atoms with Gasteiger partial charge in [0.15, 0.2) is 11.3 Å². The van der Waals surface area contributed by atoms with Gasteiger partial charge >= 0.3 is 0 Å². The molecule has 0 radical (unpaired) electrons. The normalized spacial score (nSPS) is 29.5. The third-order valence-corrected chi connectivity index (χ3v) is 4.32. The van der Waals surface area contributed by atoms with Crippen LogP contribution in [0.5, 0.6) is 0 Å². The Hall–Kier alpha value is -0.350. The van der Waals surface area contributed by atoms with Gasteiger partial charge < -0.3 is 15.0 Å². The van der Waals surface area contributed by atoms with Crippen molar-refractivity contribution < 1.29 is 4.74 Å².